The highest BCUT2D eigenvalue weighted by Gasteiger charge is 2.33. The van der Waals surface area contributed by atoms with E-state index in [1.165, 1.54) is 11.3 Å². The zero-order valence-electron chi connectivity index (χ0n) is 26.6. The van der Waals surface area contributed by atoms with Crippen molar-refractivity contribution in [1.82, 2.24) is 4.57 Å². The fraction of sp³-hybridized carbons (Fsp3) is 0.184. The maximum Gasteiger partial charge on any atom is 0.343 e. The number of rotatable bonds is 11. The van der Waals surface area contributed by atoms with E-state index in [1.807, 2.05) is 86.6 Å². The number of aryl methyl sites for hydroxylation is 1. The molecule has 5 aromatic rings. The van der Waals surface area contributed by atoms with Crippen molar-refractivity contribution in [3.63, 3.8) is 0 Å². The molecule has 0 aliphatic carbocycles. The van der Waals surface area contributed by atoms with Crippen LogP contribution < -0.4 is 33.8 Å². The molecule has 0 saturated carbocycles. The third-order valence-corrected chi connectivity index (χ3v) is 9.19. The Kier molecular flexibility index (Phi) is 10.2. The minimum absolute atomic E-state index is 0.270. The molecule has 6 rings (SSSR count). The molecular weight excluding hydrogens is 692 g/mol. The largest absolute Gasteiger partial charge is 0.490 e. The van der Waals surface area contributed by atoms with Crippen LogP contribution in [-0.2, 0) is 4.79 Å². The highest BCUT2D eigenvalue weighted by Crippen LogP contribution is 2.37. The number of aromatic nitrogens is 1. The molecule has 0 unspecified atom stereocenters. The van der Waals surface area contributed by atoms with Gasteiger partial charge in [0.25, 0.3) is 5.56 Å². The minimum Gasteiger partial charge on any atom is -0.490 e. The first kappa shape index (κ1) is 33.0. The Morgan fingerprint density at radius 2 is 1.58 bits per heavy atom. The van der Waals surface area contributed by atoms with E-state index in [2.05, 4.69) is 15.9 Å². The molecule has 0 saturated heterocycles. The Bertz CT molecular complexity index is 2160. The molecule has 0 bridgehead atoms. The monoisotopic (exact) mass is 724 g/mol. The summed E-state index contributed by atoms with van der Waals surface area (Å²) in [6.45, 7) is 6.75. The summed E-state index contributed by atoms with van der Waals surface area (Å²) >= 11 is 4.90. The third kappa shape index (κ3) is 7.14. The van der Waals surface area contributed by atoms with Crippen molar-refractivity contribution in [1.29, 1.82) is 0 Å². The van der Waals surface area contributed by atoms with Crippen molar-refractivity contribution < 1.29 is 23.7 Å². The highest BCUT2D eigenvalue weighted by molar-refractivity contribution is 9.10. The lowest BCUT2D eigenvalue weighted by molar-refractivity contribution is -0.130. The van der Waals surface area contributed by atoms with Gasteiger partial charge in [-0.25, -0.2) is 9.79 Å². The van der Waals surface area contributed by atoms with Crippen LogP contribution in [0.5, 0.6) is 23.0 Å². The van der Waals surface area contributed by atoms with Gasteiger partial charge in [-0.1, -0.05) is 78.1 Å². The summed E-state index contributed by atoms with van der Waals surface area (Å²) in [5.74, 6) is 1.74. The van der Waals surface area contributed by atoms with E-state index in [0.29, 0.717) is 62.1 Å². The van der Waals surface area contributed by atoms with E-state index < -0.39 is 12.0 Å². The average Bonchev–Trinajstić information content (AvgIpc) is 3.38. The Balaban J connectivity index is 1.33. The number of hydrogen-bond donors (Lipinski definition) is 0. The summed E-state index contributed by atoms with van der Waals surface area (Å²) in [6, 6.07) is 29.1. The van der Waals surface area contributed by atoms with Crippen LogP contribution >= 0.6 is 27.3 Å². The maximum atomic E-state index is 14.1. The average molecular weight is 726 g/mol. The van der Waals surface area contributed by atoms with Gasteiger partial charge in [-0.2, -0.15) is 0 Å². The molecule has 0 N–H and O–H groups in total. The number of nitrogens with zero attached hydrogens (tertiary/aromatic N) is 2. The molecule has 0 radical (unpaired) electrons. The number of benzene rings is 4. The predicted molar refractivity (Wildman–Crippen MR) is 190 cm³/mol. The van der Waals surface area contributed by atoms with Crippen LogP contribution in [0.15, 0.2) is 123 Å². The number of thiazole rings is 1. The second kappa shape index (κ2) is 14.9. The van der Waals surface area contributed by atoms with E-state index in [1.54, 1.807) is 41.8 Å². The van der Waals surface area contributed by atoms with Crippen LogP contribution in [-0.4, -0.2) is 30.4 Å². The summed E-state index contributed by atoms with van der Waals surface area (Å²) in [4.78, 5) is 33.0. The number of ether oxygens (including phenoxy) is 4. The van der Waals surface area contributed by atoms with E-state index in [9.17, 15) is 9.59 Å². The van der Waals surface area contributed by atoms with Crippen molar-refractivity contribution in [2.24, 2.45) is 4.99 Å². The number of hydrogen-bond acceptors (Lipinski definition) is 8. The summed E-state index contributed by atoms with van der Waals surface area (Å²) in [5.41, 5.74) is 3.08. The molecule has 1 aromatic heterocycles. The molecule has 10 heteroatoms. The first-order valence-corrected chi connectivity index (χ1v) is 17.1. The van der Waals surface area contributed by atoms with Gasteiger partial charge in [-0.15, -0.1) is 0 Å². The lowest BCUT2D eigenvalue weighted by Gasteiger charge is -2.24. The summed E-state index contributed by atoms with van der Waals surface area (Å²) in [5, 5.41) is 0. The van der Waals surface area contributed by atoms with E-state index >= 15 is 0 Å². The molecule has 244 valence electrons. The third-order valence-electron chi connectivity index (χ3n) is 7.62. The fourth-order valence-corrected chi connectivity index (χ4v) is 7.04. The van der Waals surface area contributed by atoms with Crippen molar-refractivity contribution in [3.8, 4) is 23.0 Å². The van der Waals surface area contributed by atoms with E-state index in [0.717, 1.165) is 22.4 Å². The number of carbonyl (C=O) groups is 1. The second-order valence-electron chi connectivity index (χ2n) is 10.9. The first-order chi connectivity index (χ1) is 23.3. The second-order valence-corrected chi connectivity index (χ2v) is 12.8. The number of esters is 1. The van der Waals surface area contributed by atoms with Crippen molar-refractivity contribution in [2.75, 3.05) is 19.8 Å². The van der Waals surface area contributed by atoms with Crippen molar-refractivity contribution >= 4 is 39.3 Å². The number of allylic oxidation sites excluding steroid dienone is 1. The minimum atomic E-state index is -0.718. The fourth-order valence-electron chi connectivity index (χ4n) is 5.42. The SMILES string of the molecule is CCOc1cc(/C=c2\sc3n(c2=O)[C@@H](c2ccccc2)C(C(=O)Oc2ccccc2)=C(C)N=3)cc(Br)c1OCCOc1ccccc1C. The zero-order chi connectivity index (χ0) is 33.6. The van der Waals surface area contributed by atoms with Gasteiger partial charge in [0.15, 0.2) is 16.3 Å². The lowest BCUT2D eigenvalue weighted by Crippen LogP contribution is -2.40. The molecule has 48 heavy (non-hydrogen) atoms. The summed E-state index contributed by atoms with van der Waals surface area (Å²) in [6.07, 6.45) is 1.80. The van der Waals surface area contributed by atoms with Gasteiger partial charge in [-0.3, -0.25) is 9.36 Å². The lowest BCUT2D eigenvalue weighted by atomic mass is 9.96. The smallest absolute Gasteiger partial charge is 0.343 e. The molecule has 1 aliphatic heterocycles. The first-order valence-electron chi connectivity index (χ1n) is 15.5. The number of halogens is 1. The molecule has 1 atom stereocenters. The van der Waals surface area contributed by atoms with Gasteiger partial charge in [0, 0.05) is 0 Å². The molecule has 0 spiro atoms. The van der Waals surface area contributed by atoms with Crippen molar-refractivity contribution in [2.45, 2.75) is 26.8 Å². The Hall–Kier alpha value is -4.93. The zero-order valence-corrected chi connectivity index (χ0v) is 29.0. The van der Waals surface area contributed by atoms with Crippen LogP contribution in [0.1, 0.15) is 36.6 Å². The molecule has 1 aliphatic rings. The summed E-state index contributed by atoms with van der Waals surface area (Å²) in [7, 11) is 0. The van der Waals surface area contributed by atoms with Gasteiger partial charge in [-0.05, 0) is 89.8 Å². The molecule has 8 nitrogen and oxygen atoms in total. The molecule has 4 aromatic carbocycles. The van der Waals surface area contributed by atoms with Gasteiger partial charge < -0.3 is 18.9 Å². The van der Waals surface area contributed by atoms with Crippen LogP contribution in [0.4, 0.5) is 0 Å². The normalized spacial score (nSPS) is 14.2. The number of carbonyl (C=O) groups excluding carboxylic acids is 1. The Morgan fingerprint density at radius 3 is 2.31 bits per heavy atom. The molecule has 0 amide bonds. The van der Waals surface area contributed by atoms with Crippen LogP contribution in [0.3, 0.4) is 0 Å². The number of para-hydroxylation sites is 2. The standard InChI is InChI=1S/C38H33BrN2O6S/c1-4-44-31-22-26(21-29(39)35(31)46-20-19-45-30-18-12-11-13-24(30)2)23-32-36(42)41-34(27-14-7-5-8-15-27)33(25(3)40-38(41)48-32)37(43)47-28-16-9-6-10-17-28/h5-18,21-23,34H,4,19-20H2,1-3H3/b32-23-/t34-/m0/s1. The van der Waals surface area contributed by atoms with Gasteiger partial charge >= 0.3 is 5.97 Å². The number of fused-ring (bicyclic) bond motifs is 1. The van der Waals surface area contributed by atoms with E-state index in [4.69, 9.17) is 23.9 Å². The van der Waals surface area contributed by atoms with Gasteiger partial charge in [0.2, 0.25) is 0 Å². The Labute approximate surface area is 290 Å². The van der Waals surface area contributed by atoms with Gasteiger partial charge in [0.1, 0.15) is 24.7 Å². The predicted octanol–water partition coefficient (Wildman–Crippen LogP) is 6.77. The van der Waals surface area contributed by atoms with Crippen LogP contribution in [0.25, 0.3) is 6.08 Å². The molecule has 0 fully saturated rings. The van der Waals surface area contributed by atoms with E-state index in [-0.39, 0.29) is 5.56 Å². The summed E-state index contributed by atoms with van der Waals surface area (Å²) < 4.78 is 26.4. The molecular formula is C38H33BrN2O6S. The maximum absolute atomic E-state index is 14.1. The Morgan fingerprint density at radius 1 is 0.896 bits per heavy atom. The molecule has 2 heterocycles. The quantitative estimate of drug-likeness (QED) is 0.0850. The topological polar surface area (TPSA) is 88.4 Å². The highest BCUT2D eigenvalue weighted by atomic mass is 79.9. The van der Waals surface area contributed by atoms with Crippen LogP contribution in [0.2, 0.25) is 0 Å². The van der Waals surface area contributed by atoms with Crippen LogP contribution in [0, 0.1) is 6.92 Å². The van der Waals surface area contributed by atoms with Crippen molar-refractivity contribution in [3.05, 3.63) is 149 Å². The van der Waals surface area contributed by atoms with Gasteiger partial charge in [0.05, 0.1) is 32.9 Å².